The molecule has 0 aliphatic heterocycles. The van der Waals surface area contributed by atoms with E-state index in [1.807, 2.05) is 6.07 Å². The highest BCUT2D eigenvalue weighted by Gasteiger charge is 2.13. The fourth-order valence-corrected chi connectivity index (χ4v) is 3.64. The fourth-order valence-electron chi connectivity index (χ4n) is 3.10. The van der Waals surface area contributed by atoms with Crippen molar-refractivity contribution in [1.29, 1.82) is 0 Å². The summed E-state index contributed by atoms with van der Waals surface area (Å²) in [4.78, 5) is 0. The topological polar surface area (TPSA) is 17.0 Å². The average Bonchev–Trinajstić information content (AvgIpc) is 3.04. The summed E-state index contributed by atoms with van der Waals surface area (Å²) in [7, 11) is 0. The molecule has 3 rings (SSSR count). The van der Waals surface area contributed by atoms with Gasteiger partial charge < -0.3 is 9.88 Å². The summed E-state index contributed by atoms with van der Waals surface area (Å²) >= 11 is 12.3. The largest absolute Gasteiger partial charge is 0.347 e. The fraction of sp³-hybridized carbons (Fsp3) is 0.500. The summed E-state index contributed by atoms with van der Waals surface area (Å²) in [6.45, 7) is 2.08. The second-order valence-corrected chi connectivity index (χ2v) is 6.46. The molecule has 0 radical (unpaired) electrons. The number of nitrogens with zero attached hydrogens (tertiary/aromatic N) is 1. The van der Waals surface area contributed by atoms with Crippen molar-refractivity contribution >= 4 is 34.1 Å². The highest BCUT2D eigenvalue weighted by Crippen LogP contribution is 2.28. The van der Waals surface area contributed by atoms with Gasteiger partial charge in [0.25, 0.3) is 0 Å². The van der Waals surface area contributed by atoms with Crippen molar-refractivity contribution in [1.82, 2.24) is 9.88 Å². The van der Waals surface area contributed by atoms with Gasteiger partial charge in [0.2, 0.25) is 0 Å². The Kier molecular flexibility index (Phi) is 4.54. The van der Waals surface area contributed by atoms with Gasteiger partial charge in [0.15, 0.2) is 0 Å². The molecule has 1 aromatic carbocycles. The number of fused-ring (bicyclic) bond motifs is 1. The summed E-state index contributed by atoms with van der Waals surface area (Å²) in [5.74, 6) is 0. The number of aromatic nitrogens is 1. The first-order valence-electron chi connectivity index (χ1n) is 7.41. The molecule has 1 heterocycles. The Morgan fingerprint density at radius 3 is 2.80 bits per heavy atom. The summed E-state index contributed by atoms with van der Waals surface area (Å²) in [5.41, 5.74) is 1.13. The molecule has 0 atom stereocenters. The summed E-state index contributed by atoms with van der Waals surface area (Å²) in [6.07, 6.45) is 8.69. The molecule has 1 fully saturated rings. The van der Waals surface area contributed by atoms with Crippen LogP contribution >= 0.6 is 23.2 Å². The van der Waals surface area contributed by atoms with Gasteiger partial charge >= 0.3 is 0 Å². The van der Waals surface area contributed by atoms with E-state index in [0.29, 0.717) is 5.02 Å². The second kappa shape index (κ2) is 6.38. The molecular weight excluding hydrogens is 291 g/mol. The van der Waals surface area contributed by atoms with Crippen LogP contribution in [0.25, 0.3) is 10.9 Å². The Balaban J connectivity index is 1.60. The molecular formula is C16H20Cl2N2. The monoisotopic (exact) mass is 310 g/mol. The third-order valence-corrected chi connectivity index (χ3v) is 4.70. The van der Waals surface area contributed by atoms with Gasteiger partial charge in [-0.15, -0.1) is 0 Å². The third-order valence-electron chi connectivity index (χ3n) is 4.17. The van der Waals surface area contributed by atoms with Crippen LogP contribution in [0.4, 0.5) is 0 Å². The minimum atomic E-state index is 0.700. The second-order valence-electron chi connectivity index (χ2n) is 5.62. The van der Waals surface area contributed by atoms with E-state index in [1.54, 1.807) is 6.07 Å². The normalized spacial score (nSPS) is 16.3. The standard InChI is InChI=1S/C16H20Cl2N2/c17-12-10-15(18)14-6-9-20(16(14)11-12)8-3-7-19-13-4-1-2-5-13/h6,9-11,13,19H,1-5,7-8H2. The van der Waals surface area contributed by atoms with Crippen LogP contribution < -0.4 is 5.32 Å². The zero-order valence-electron chi connectivity index (χ0n) is 11.5. The van der Waals surface area contributed by atoms with Crippen LogP contribution in [0.1, 0.15) is 32.1 Å². The lowest BCUT2D eigenvalue weighted by Gasteiger charge is -2.12. The highest BCUT2D eigenvalue weighted by atomic mass is 35.5. The van der Waals surface area contributed by atoms with Crippen LogP contribution in [0.5, 0.6) is 0 Å². The lowest BCUT2D eigenvalue weighted by atomic mass is 10.2. The molecule has 2 aromatic rings. The number of nitrogens with one attached hydrogen (secondary N) is 1. The molecule has 1 N–H and O–H groups in total. The van der Waals surface area contributed by atoms with E-state index >= 15 is 0 Å². The van der Waals surface area contributed by atoms with Crippen molar-refractivity contribution in [2.75, 3.05) is 6.54 Å². The average molecular weight is 311 g/mol. The number of rotatable bonds is 5. The first-order valence-corrected chi connectivity index (χ1v) is 8.17. The molecule has 0 spiro atoms. The summed E-state index contributed by atoms with van der Waals surface area (Å²) < 4.78 is 2.24. The van der Waals surface area contributed by atoms with Crippen molar-refractivity contribution in [2.24, 2.45) is 0 Å². The Morgan fingerprint density at radius 1 is 1.20 bits per heavy atom. The van der Waals surface area contributed by atoms with Gasteiger partial charge in [-0.25, -0.2) is 0 Å². The molecule has 0 bridgehead atoms. The van der Waals surface area contributed by atoms with E-state index in [1.165, 1.54) is 25.7 Å². The van der Waals surface area contributed by atoms with E-state index in [0.717, 1.165) is 41.5 Å². The van der Waals surface area contributed by atoms with Crippen LogP contribution in [0.3, 0.4) is 0 Å². The van der Waals surface area contributed by atoms with E-state index in [9.17, 15) is 0 Å². The van der Waals surface area contributed by atoms with Crippen molar-refractivity contribution in [3.05, 3.63) is 34.4 Å². The van der Waals surface area contributed by atoms with Gasteiger partial charge in [-0.05, 0) is 44.0 Å². The van der Waals surface area contributed by atoms with E-state index < -0.39 is 0 Å². The minimum absolute atomic E-state index is 0.700. The third kappa shape index (κ3) is 3.13. The first-order chi connectivity index (χ1) is 9.74. The molecule has 0 unspecified atom stereocenters. The van der Waals surface area contributed by atoms with E-state index in [2.05, 4.69) is 22.1 Å². The molecule has 2 nitrogen and oxygen atoms in total. The lowest BCUT2D eigenvalue weighted by Crippen LogP contribution is -2.27. The predicted octanol–water partition coefficient (Wildman–Crippen LogP) is 4.87. The maximum Gasteiger partial charge on any atom is 0.0514 e. The van der Waals surface area contributed by atoms with E-state index in [4.69, 9.17) is 23.2 Å². The lowest BCUT2D eigenvalue weighted by molar-refractivity contribution is 0.498. The van der Waals surface area contributed by atoms with Crippen LogP contribution in [-0.4, -0.2) is 17.2 Å². The Hall–Kier alpha value is -0.700. The van der Waals surface area contributed by atoms with Crippen molar-refractivity contribution < 1.29 is 0 Å². The smallest absolute Gasteiger partial charge is 0.0514 e. The van der Waals surface area contributed by atoms with Crippen LogP contribution in [0.2, 0.25) is 10.0 Å². The number of aryl methyl sites for hydroxylation is 1. The quantitative estimate of drug-likeness (QED) is 0.780. The number of hydrogen-bond donors (Lipinski definition) is 1. The van der Waals surface area contributed by atoms with Crippen molar-refractivity contribution in [3.8, 4) is 0 Å². The maximum absolute atomic E-state index is 6.21. The van der Waals surface area contributed by atoms with Crippen LogP contribution in [0.15, 0.2) is 24.4 Å². The molecule has 108 valence electrons. The van der Waals surface area contributed by atoms with Gasteiger partial charge in [-0.3, -0.25) is 0 Å². The molecule has 0 saturated heterocycles. The first kappa shape index (κ1) is 14.2. The van der Waals surface area contributed by atoms with Gasteiger partial charge in [-0.2, -0.15) is 0 Å². The highest BCUT2D eigenvalue weighted by molar-refractivity contribution is 6.38. The van der Waals surface area contributed by atoms with Gasteiger partial charge in [0.05, 0.1) is 10.5 Å². The SMILES string of the molecule is Clc1cc(Cl)c2ccn(CCCNC3CCCC3)c2c1. The van der Waals surface area contributed by atoms with Crippen molar-refractivity contribution in [3.63, 3.8) is 0 Å². The zero-order chi connectivity index (χ0) is 13.9. The molecule has 1 aliphatic carbocycles. The van der Waals surface area contributed by atoms with Crippen LogP contribution in [-0.2, 0) is 6.54 Å². The molecule has 20 heavy (non-hydrogen) atoms. The predicted molar refractivity (Wildman–Crippen MR) is 86.8 cm³/mol. The number of benzene rings is 1. The van der Waals surface area contributed by atoms with Gasteiger partial charge in [0, 0.05) is 29.2 Å². The maximum atomic E-state index is 6.21. The summed E-state index contributed by atoms with van der Waals surface area (Å²) in [5, 5.41) is 6.16. The Morgan fingerprint density at radius 2 is 2.00 bits per heavy atom. The molecule has 0 amide bonds. The Labute approximate surface area is 130 Å². The molecule has 1 aromatic heterocycles. The zero-order valence-corrected chi connectivity index (χ0v) is 13.1. The van der Waals surface area contributed by atoms with Gasteiger partial charge in [0.1, 0.15) is 0 Å². The van der Waals surface area contributed by atoms with E-state index in [-0.39, 0.29) is 0 Å². The summed E-state index contributed by atoms with van der Waals surface area (Å²) in [6, 6.07) is 6.61. The van der Waals surface area contributed by atoms with Crippen LogP contribution in [0, 0.1) is 0 Å². The number of halogens is 2. The Bertz CT molecular complexity index is 585. The molecule has 4 heteroatoms. The van der Waals surface area contributed by atoms with Crippen molar-refractivity contribution in [2.45, 2.75) is 44.7 Å². The van der Waals surface area contributed by atoms with Gasteiger partial charge in [-0.1, -0.05) is 36.0 Å². The number of hydrogen-bond acceptors (Lipinski definition) is 1. The molecule has 1 saturated carbocycles. The molecule has 1 aliphatic rings. The minimum Gasteiger partial charge on any atom is -0.347 e.